The summed E-state index contributed by atoms with van der Waals surface area (Å²) < 4.78 is 0. The van der Waals surface area contributed by atoms with E-state index in [1.807, 2.05) is 13.8 Å². The van der Waals surface area contributed by atoms with Gasteiger partial charge in [-0.2, -0.15) is 5.10 Å². The van der Waals surface area contributed by atoms with Crippen LogP contribution < -0.4 is 0 Å². The van der Waals surface area contributed by atoms with Crippen LogP contribution in [0.3, 0.4) is 0 Å². The van der Waals surface area contributed by atoms with Gasteiger partial charge in [0.15, 0.2) is 5.82 Å². The van der Waals surface area contributed by atoms with Crippen LogP contribution in [0.4, 0.5) is 0 Å². The molecule has 1 fully saturated rings. The van der Waals surface area contributed by atoms with Crippen LogP contribution in [-0.2, 0) is 11.2 Å². The molecule has 1 aliphatic carbocycles. The van der Waals surface area contributed by atoms with Gasteiger partial charge in [0.2, 0.25) is 0 Å². The maximum absolute atomic E-state index is 11.4. The van der Waals surface area contributed by atoms with E-state index in [2.05, 4.69) is 15.2 Å². The zero-order valence-electron chi connectivity index (χ0n) is 10.4. The summed E-state index contributed by atoms with van der Waals surface area (Å²) in [7, 11) is 0. The van der Waals surface area contributed by atoms with Crippen molar-refractivity contribution in [3.63, 3.8) is 0 Å². The lowest BCUT2D eigenvalue weighted by Crippen LogP contribution is -2.32. The number of aromatic amines is 1. The first kappa shape index (κ1) is 12.1. The van der Waals surface area contributed by atoms with E-state index in [0.717, 1.165) is 18.7 Å². The van der Waals surface area contributed by atoms with E-state index in [9.17, 15) is 9.90 Å². The van der Waals surface area contributed by atoms with Gasteiger partial charge in [0.1, 0.15) is 5.82 Å². The Morgan fingerprint density at radius 2 is 2.12 bits per heavy atom. The molecule has 5 nitrogen and oxygen atoms in total. The van der Waals surface area contributed by atoms with Crippen LogP contribution in [0.25, 0.3) is 0 Å². The van der Waals surface area contributed by atoms with Crippen molar-refractivity contribution in [1.29, 1.82) is 0 Å². The Morgan fingerprint density at radius 1 is 1.47 bits per heavy atom. The Kier molecular flexibility index (Phi) is 3.17. The van der Waals surface area contributed by atoms with Gasteiger partial charge in [-0.3, -0.25) is 9.89 Å². The SMILES string of the molecule is CCC(CC)(Cc1nc(C2CC2)n[nH]1)C(=O)O. The van der Waals surface area contributed by atoms with Crippen molar-refractivity contribution in [1.82, 2.24) is 15.2 Å². The lowest BCUT2D eigenvalue weighted by atomic mass is 9.79. The first-order valence-electron chi connectivity index (χ1n) is 6.26. The largest absolute Gasteiger partial charge is 0.481 e. The van der Waals surface area contributed by atoms with E-state index in [1.54, 1.807) is 0 Å². The predicted octanol–water partition coefficient (Wildman–Crippen LogP) is 2.12. The molecule has 5 heteroatoms. The molecule has 2 N–H and O–H groups in total. The molecule has 1 saturated carbocycles. The summed E-state index contributed by atoms with van der Waals surface area (Å²) in [5.74, 6) is 1.32. The maximum atomic E-state index is 11.4. The van der Waals surface area contributed by atoms with E-state index >= 15 is 0 Å². The number of carbonyl (C=O) groups is 1. The third-order valence-electron chi connectivity index (χ3n) is 3.80. The van der Waals surface area contributed by atoms with Crippen LogP contribution in [0.2, 0.25) is 0 Å². The topological polar surface area (TPSA) is 78.9 Å². The van der Waals surface area contributed by atoms with Crippen LogP contribution in [0.1, 0.15) is 57.1 Å². The summed E-state index contributed by atoms with van der Waals surface area (Å²) >= 11 is 0. The van der Waals surface area contributed by atoms with E-state index in [1.165, 1.54) is 0 Å². The molecule has 1 aromatic rings. The highest BCUT2D eigenvalue weighted by Gasteiger charge is 2.36. The van der Waals surface area contributed by atoms with Gasteiger partial charge in [-0.25, -0.2) is 4.98 Å². The van der Waals surface area contributed by atoms with E-state index in [0.29, 0.717) is 31.0 Å². The number of hydrogen-bond acceptors (Lipinski definition) is 3. The van der Waals surface area contributed by atoms with Crippen LogP contribution in [0.5, 0.6) is 0 Å². The molecule has 0 atom stereocenters. The summed E-state index contributed by atoms with van der Waals surface area (Å²) in [6, 6.07) is 0. The molecule has 2 rings (SSSR count). The monoisotopic (exact) mass is 237 g/mol. The Hall–Kier alpha value is -1.39. The standard InChI is InChI=1S/C12H19N3O2/c1-3-12(4-2,11(16)17)7-9-13-10(15-14-9)8-5-6-8/h8H,3-7H2,1-2H3,(H,16,17)(H,13,14,15). The molecule has 94 valence electrons. The highest BCUT2D eigenvalue weighted by Crippen LogP contribution is 2.38. The second kappa shape index (κ2) is 4.47. The quantitative estimate of drug-likeness (QED) is 0.794. The zero-order chi connectivity index (χ0) is 12.5. The number of nitrogens with zero attached hydrogens (tertiary/aromatic N) is 2. The number of aliphatic carboxylic acids is 1. The van der Waals surface area contributed by atoms with Gasteiger partial charge in [-0.15, -0.1) is 0 Å². The molecule has 1 heterocycles. The van der Waals surface area contributed by atoms with Crippen molar-refractivity contribution in [2.24, 2.45) is 5.41 Å². The van der Waals surface area contributed by atoms with Gasteiger partial charge in [0, 0.05) is 12.3 Å². The molecule has 1 aromatic heterocycles. The molecule has 17 heavy (non-hydrogen) atoms. The number of rotatable bonds is 6. The molecule has 0 radical (unpaired) electrons. The predicted molar refractivity (Wildman–Crippen MR) is 62.7 cm³/mol. The molecular formula is C12H19N3O2. The summed E-state index contributed by atoms with van der Waals surface area (Å²) in [6.07, 6.45) is 3.97. The second-order valence-corrected chi connectivity index (χ2v) is 4.88. The fraction of sp³-hybridized carbons (Fsp3) is 0.750. The molecule has 0 amide bonds. The zero-order valence-corrected chi connectivity index (χ0v) is 10.4. The van der Waals surface area contributed by atoms with Crippen LogP contribution in [0.15, 0.2) is 0 Å². The third kappa shape index (κ3) is 2.33. The molecule has 0 aliphatic heterocycles. The maximum Gasteiger partial charge on any atom is 0.310 e. The molecule has 1 aliphatic rings. The second-order valence-electron chi connectivity index (χ2n) is 4.88. The van der Waals surface area contributed by atoms with Crippen LogP contribution in [0, 0.1) is 5.41 Å². The first-order valence-corrected chi connectivity index (χ1v) is 6.26. The van der Waals surface area contributed by atoms with E-state index < -0.39 is 11.4 Å². The van der Waals surface area contributed by atoms with Crippen LogP contribution >= 0.6 is 0 Å². The van der Waals surface area contributed by atoms with Crippen LogP contribution in [-0.4, -0.2) is 26.3 Å². The van der Waals surface area contributed by atoms with Crippen molar-refractivity contribution in [3.8, 4) is 0 Å². The highest BCUT2D eigenvalue weighted by atomic mass is 16.4. The van der Waals surface area contributed by atoms with Gasteiger partial charge in [-0.1, -0.05) is 13.8 Å². The molecule has 0 bridgehead atoms. The van der Waals surface area contributed by atoms with Crippen molar-refractivity contribution >= 4 is 5.97 Å². The fourth-order valence-corrected chi connectivity index (χ4v) is 2.11. The number of carboxylic acid groups (broad SMARTS) is 1. The first-order chi connectivity index (χ1) is 8.11. The summed E-state index contributed by atoms with van der Waals surface area (Å²) in [5, 5.41) is 16.4. The minimum absolute atomic E-state index is 0.440. The molecule has 0 aromatic carbocycles. The third-order valence-corrected chi connectivity index (χ3v) is 3.80. The fourth-order valence-electron chi connectivity index (χ4n) is 2.11. The lowest BCUT2D eigenvalue weighted by molar-refractivity contribution is -0.149. The van der Waals surface area contributed by atoms with Crippen molar-refractivity contribution < 1.29 is 9.90 Å². The van der Waals surface area contributed by atoms with Crippen molar-refractivity contribution in [2.75, 3.05) is 0 Å². The Morgan fingerprint density at radius 3 is 2.59 bits per heavy atom. The van der Waals surface area contributed by atoms with Crippen molar-refractivity contribution in [2.45, 2.75) is 51.9 Å². The Labute approximate surface area is 101 Å². The highest BCUT2D eigenvalue weighted by molar-refractivity contribution is 5.74. The average Bonchev–Trinajstić information content (AvgIpc) is 3.07. The normalized spacial score (nSPS) is 16.1. The number of carboxylic acids is 1. The number of hydrogen-bond donors (Lipinski definition) is 2. The Balaban J connectivity index is 2.13. The van der Waals surface area contributed by atoms with Gasteiger partial charge < -0.3 is 5.11 Å². The van der Waals surface area contributed by atoms with Gasteiger partial charge in [-0.05, 0) is 25.7 Å². The lowest BCUT2D eigenvalue weighted by Gasteiger charge is -2.25. The minimum Gasteiger partial charge on any atom is -0.481 e. The molecule has 0 spiro atoms. The number of aromatic nitrogens is 3. The average molecular weight is 237 g/mol. The minimum atomic E-state index is -0.744. The molecule has 0 saturated heterocycles. The molecule has 0 unspecified atom stereocenters. The summed E-state index contributed by atoms with van der Waals surface area (Å²) in [4.78, 5) is 15.8. The van der Waals surface area contributed by atoms with Crippen molar-refractivity contribution in [3.05, 3.63) is 11.6 Å². The molecular weight excluding hydrogens is 218 g/mol. The smallest absolute Gasteiger partial charge is 0.310 e. The number of nitrogens with one attached hydrogen (secondary N) is 1. The summed E-state index contributed by atoms with van der Waals surface area (Å²) in [6.45, 7) is 3.82. The number of H-pyrrole nitrogens is 1. The summed E-state index contributed by atoms with van der Waals surface area (Å²) in [5.41, 5.74) is -0.708. The van der Waals surface area contributed by atoms with E-state index in [4.69, 9.17) is 0 Å². The Bertz CT molecular complexity index is 406. The van der Waals surface area contributed by atoms with Gasteiger partial charge in [0.25, 0.3) is 0 Å². The van der Waals surface area contributed by atoms with E-state index in [-0.39, 0.29) is 0 Å². The van der Waals surface area contributed by atoms with Gasteiger partial charge in [0.05, 0.1) is 5.41 Å². The van der Waals surface area contributed by atoms with Gasteiger partial charge >= 0.3 is 5.97 Å².